The van der Waals surface area contributed by atoms with Gasteiger partial charge >= 0.3 is 0 Å². The molecule has 0 saturated carbocycles. The highest BCUT2D eigenvalue weighted by atomic mass is 127. The SMILES string of the molecule is CC(=O)Nc1[nH]c(C(C)=O)cc1I. The number of carbonyl (C=O) groups is 2. The van der Waals surface area contributed by atoms with Crippen molar-refractivity contribution in [3.63, 3.8) is 0 Å². The van der Waals surface area contributed by atoms with Gasteiger partial charge in [-0.2, -0.15) is 0 Å². The van der Waals surface area contributed by atoms with Crippen LogP contribution in [0.15, 0.2) is 6.07 Å². The zero-order chi connectivity index (χ0) is 10.0. The summed E-state index contributed by atoms with van der Waals surface area (Å²) >= 11 is 2.05. The van der Waals surface area contributed by atoms with Crippen molar-refractivity contribution in [2.45, 2.75) is 13.8 Å². The summed E-state index contributed by atoms with van der Waals surface area (Å²) in [5, 5.41) is 2.59. The van der Waals surface area contributed by atoms with Gasteiger partial charge in [0.05, 0.1) is 9.26 Å². The Morgan fingerprint density at radius 2 is 2.08 bits per heavy atom. The number of rotatable bonds is 2. The highest BCUT2D eigenvalue weighted by molar-refractivity contribution is 14.1. The zero-order valence-corrected chi connectivity index (χ0v) is 9.43. The minimum absolute atomic E-state index is 0.0467. The molecule has 0 spiro atoms. The van der Waals surface area contributed by atoms with Crippen LogP contribution in [0.4, 0.5) is 5.82 Å². The lowest BCUT2D eigenvalue weighted by molar-refractivity contribution is -0.114. The number of hydrogen-bond donors (Lipinski definition) is 2. The first-order valence-electron chi connectivity index (χ1n) is 3.67. The fraction of sp³-hybridized carbons (Fsp3) is 0.250. The quantitative estimate of drug-likeness (QED) is 0.644. The van der Waals surface area contributed by atoms with Gasteiger partial charge in [0.25, 0.3) is 0 Å². The van der Waals surface area contributed by atoms with E-state index in [1.54, 1.807) is 6.07 Å². The van der Waals surface area contributed by atoms with E-state index in [1.807, 2.05) is 22.6 Å². The molecule has 0 aliphatic heterocycles. The van der Waals surface area contributed by atoms with Gasteiger partial charge in [-0.05, 0) is 28.7 Å². The second-order valence-corrected chi connectivity index (χ2v) is 3.81. The molecule has 0 radical (unpaired) electrons. The number of ketones is 1. The van der Waals surface area contributed by atoms with Gasteiger partial charge < -0.3 is 10.3 Å². The number of hydrogen-bond acceptors (Lipinski definition) is 2. The topological polar surface area (TPSA) is 62.0 Å². The summed E-state index contributed by atoms with van der Waals surface area (Å²) in [5.41, 5.74) is 0.508. The lowest BCUT2D eigenvalue weighted by Crippen LogP contribution is -2.07. The van der Waals surface area contributed by atoms with E-state index in [9.17, 15) is 9.59 Å². The molecule has 2 N–H and O–H groups in total. The van der Waals surface area contributed by atoms with E-state index in [2.05, 4.69) is 10.3 Å². The fourth-order valence-electron chi connectivity index (χ4n) is 0.886. The van der Waals surface area contributed by atoms with E-state index < -0.39 is 0 Å². The van der Waals surface area contributed by atoms with Crippen LogP contribution in [-0.4, -0.2) is 16.7 Å². The molecule has 13 heavy (non-hydrogen) atoms. The second-order valence-electron chi connectivity index (χ2n) is 2.64. The van der Waals surface area contributed by atoms with Crippen molar-refractivity contribution in [2.75, 3.05) is 5.32 Å². The Labute approximate surface area is 89.2 Å². The van der Waals surface area contributed by atoms with E-state index >= 15 is 0 Å². The standard InChI is InChI=1S/C8H9IN2O2/c1-4(12)7-3-6(9)8(11-7)10-5(2)13/h3,11H,1-2H3,(H,10,13). The molecule has 0 unspecified atom stereocenters. The summed E-state index contributed by atoms with van der Waals surface area (Å²) in [4.78, 5) is 24.5. The van der Waals surface area contributed by atoms with Gasteiger partial charge in [0, 0.05) is 13.8 Å². The van der Waals surface area contributed by atoms with Crippen molar-refractivity contribution in [1.29, 1.82) is 0 Å². The molecule has 0 atom stereocenters. The maximum absolute atomic E-state index is 10.9. The fourth-order valence-corrected chi connectivity index (χ4v) is 1.47. The first-order chi connectivity index (χ1) is 6.00. The summed E-state index contributed by atoms with van der Waals surface area (Å²) in [6.45, 7) is 2.89. The van der Waals surface area contributed by atoms with Crippen LogP contribution in [0.3, 0.4) is 0 Å². The number of anilines is 1. The molecule has 1 aromatic rings. The molecule has 4 nitrogen and oxygen atoms in total. The van der Waals surface area contributed by atoms with Crippen LogP contribution in [0, 0.1) is 3.57 Å². The minimum atomic E-state index is -0.158. The third kappa shape index (κ3) is 2.55. The van der Waals surface area contributed by atoms with Crippen LogP contribution in [-0.2, 0) is 4.79 Å². The number of aromatic amines is 1. The third-order valence-electron chi connectivity index (χ3n) is 1.45. The lowest BCUT2D eigenvalue weighted by Gasteiger charge is -1.97. The summed E-state index contributed by atoms with van der Waals surface area (Å²) in [6, 6.07) is 1.70. The molecule has 0 fully saturated rings. The largest absolute Gasteiger partial charge is 0.338 e. The predicted octanol–water partition coefficient (Wildman–Crippen LogP) is 1.78. The van der Waals surface area contributed by atoms with E-state index in [1.165, 1.54) is 13.8 Å². The van der Waals surface area contributed by atoms with E-state index in [0.717, 1.165) is 3.57 Å². The average molecular weight is 292 g/mol. The first kappa shape index (κ1) is 10.2. The van der Waals surface area contributed by atoms with Crippen LogP contribution in [0.2, 0.25) is 0 Å². The predicted molar refractivity (Wildman–Crippen MR) is 57.8 cm³/mol. The van der Waals surface area contributed by atoms with E-state index in [4.69, 9.17) is 0 Å². The normalized spacial score (nSPS) is 9.77. The number of nitrogens with one attached hydrogen (secondary N) is 2. The third-order valence-corrected chi connectivity index (χ3v) is 2.30. The van der Waals surface area contributed by atoms with Crippen molar-refractivity contribution in [3.05, 3.63) is 15.3 Å². The van der Waals surface area contributed by atoms with Crippen molar-refractivity contribution in [1.82, 2.24) is 4.98 Å². The van der Waals surface area contributed by atoms with Crippen molar-refractivity contribution in [3.8, 4) is 0 Å². The Kier molecular flexibility index (Phi) is 3.07. The Hall–Kier alpha value is -0.850. The van der Waals surface area contributed by atoms with Crippen molar-refractivity contribution < 1.29 is 9.59 Å². The Morgan fingerprint density at radius 1 is 1.46 bits per heavy atom. The van der Waals surface area contributed by atoms with Crippen LogP contribution in [0.5, 0.6) is 0 Å². The number of amides is 1. The van der Waals surface area contributed by atoms with Gasteiger partial charge in [0.1, 0.15) is 5.82 Å². The molecule has 0 bridgehead atoms. The van der Waals surface area contributed by atoms with Gasteiger partial charge in [-0.25, -0.2) is 0 Å². The smallest absolute Gasteiger partial charge is 0.222 e. The highest BCUT2D eigenvalue weighted by Crippen LogP contribution is 2.18. The van der Waals surface area contributed by atoms with Crippen LogP contribution < -0.4 is 5.32 Å². The van der Waals surface area contributed by atoms with E-state index in [0.29, 0.717) is 11.5 Å². The molecule has 1 aromatic heterocycles. The molecule has 5 heteroatoms. The Morgan fingerprint density at radius 3 is 2.46 bits per heavy atom. The summed E-state index contributed by atoms with van der Waals surface area (Å²) in [5.74, 6) is 0.377. The average Bonchev–Trinajstić information content (AvgIpc) is 2.31. The lowest BCUT2D eigenvalue weighted by atomic mass is 10.3. The van der Waals surface area contributed by atoms with E-state index in [-0.39, 0.29) is 11.7 Å². The van der Waals surface area contributed by atoms with Crippen LogP contribution in [0.25, 0.3) is 0 Å². The monoisotopic (exact) mass is 292 g/mol. The van der Waals surface area contributed by atoms with Gasteiger partial charge in [0.15, 0.2) is 5.78 Å². The molecule has 70 valence electrons. The van der Waals surface area contributed by atoms with Gasteiger partial charge in [-0.3, -0.25) is 9.59 Å². The molecule has 0 aromatic carbocycles. The maximum atomic E-state index is 10.9. The molecule has 1 rings (SSSR count). The van der Waals surface area contributed by atoms with Crippen molar-refractivity contribution in [2.24, 2.45) is 0 Å². The summed E-state index contributed by atoms with van der Waals surface area (Å²) < 4.78 is 0.831. The minimum Gasteiger partial charge on any atom is -0.338 e. The first-order valence-corrected chi connectivity index (χ1v) is 4.75. The molecule has 1 amide bonds. The van der Waals surface area contributed by atoms with Crippen LogP contribution in [0.1, 0.15) is 24.3 Å². The number of halogens is 1. The van der Waals surface area contributed by atoms with Gasteiger partial charge in [-0.15, -0.1) is 0 Å². The second kappa shape index (κ2) is 3.91. The van der Waals surface area contributed by atoms with Crippen LogP contribution >= 0.6 is 22.6 Å². The summed E-state index contributed by atoms with van der Waals surface area (Å²) in [6.07, 6.45) is 0. The molecule has 1 heterocycles. The van der Waals surface area contributed by atoms with Gasteiger partial charge in [0.2, 0.25) is 5.91 Å². The number of H-pyrrole nitrogens is 1. The molecular formula is C8H9IN2O2. The zero-order valence-electron chi connectivity index (χ0n) is 7.27. The molecule has 0 aliphatic carbocycles. The molecule has 0 aliphatic rings. The number of carbonyl (C=O) groups excluding carboxylic acids is 2. The van der Waals surface area contributed by atoms with Gasteiger partial charge in [-0.1, -0.05) is 0 Å². The maximum Gasteiger partial charge on any atom is 0.222 e. The summed E-state index contributed by atoms with van der Waals surface area (Å²) in [7, 11) is 0. The Balaban J connectivity index is 2.96. The highest BCUT2D eigenvalue weighted by Gasteiger charge is 2.09. The Bertz CT molecular complexity index is 357. The number of aromatic nitrogens is 1. The molecular weight excluding hydrogens is 283 g/mol. The molecule has 0 saturated heterocycles. The van der Waals surface area contributed by atoms with Crippen molar-refractivity contribution >= 4 is 40.1 Å². The number of Topliss-reactive ketones (excluding diaryl/α,β-unsaturated/α-hetero) is 1.